The third-order valence-corrected chi connectivity index (χ3v) is 4.35. The molecule has 1 aromatic carbocycles. The predicted octanol–water partition coefficient (Wildman–Crippen LogP) is 1.53. The molecule has 1 saturated carbocycles. The number of amides is 2. The highest BCUT2D eigenvalue weighted by Crippen LogP contribution is 2.31. The van der Waals surface area contributed by atoms with E-state index in [1.54, 1.807) is 12.1 Å². The summed E-state index contributed by atoms with van der Waals surface area (Å²) in [5.41, 5.74) is -0.380. The van der Waals surface area contributed by atoms with Gasteiger partial charge in [-0.25, -0.2) is 4.79 Å². The minimum Gasteiger partial charge on any atom is -0.482 e. The van der Waals surface area contributed by atoms with Gasteiger partial charge < -0.3 is 20.5 Å². The van der Waals surface area contributed by atoms with Gasteiger partial charge in [-0.05, 0) is 31.0 Å². The number of hydrogen-bond acceptors (Lipinski definition) is 4. The lowest BCUT2D eigenvalue weighted by atomic mass is 9.81. The number of carbonyl (C=O) groups is 3. The molecule has 23 heavy (non-hydrogen) atoms. The molecule has 7 nitrogen and oxygen atoms in total. The standard InChI is InChI=1S/C16H18N2O5/c19-13-9-23-12-8-10(4-5-11(12)17-13)14(20)18-16(15(21)22)6-2-1-3-7-16/h4-5,8H,1-3,6-7,9H2,(H,17,19)(H,18,20)(H,21,22). The number of aliphatic carboxylic acids is 1. The molecule has 0 saturated heterocycles. The normalized spacial score (nSPS) is 19.0. The smallest absolute Gasteiger partial charge is 0.329 e. The number of carboxylic acids is 1. The first-order chi connectivity index (χ1) is 11.0. The summed E-state index contributed by atoms with van der Waals surface area (Å²) in [7, 11) is 0. The van der Waals surface area contributed by atoms with E-state index >= 15 is 0 Å². The molecule has 122 valence electrons. The molecule has 1 aliphatic heterocycles. The fraction of sp³-hybridized carbons (Fsp3) is 0.438. The summed E-state index contributed by atoms with van der Waals surface area (Å²) >= 11 is 0. The van der Waals surface area contributed by atoms with Crippen molar-refractivity contribution in [1.82, 2.24) is 5.32 Å². The number of carboxylic acid groups (broad SMARTS) is 1. The highest BCUT2D eigenvalue weighted by Gasteiger charge is 2.41. The van der Waals surface area contributed by atoms with Crippen molar-refractivity contribution in [3.8, 4) is 5.75 Å². The van der Waals surface area contributed by atoms with Crippen LogP contribution in [0.5, 0.6) is 5.75 Å². The number of rotatable bonds is 3. The van der Waals surface area contributed by atoms with Crippen LogP contribution in [0.3, 0.4) is 0 Å². The van der Waals surface area contributed by atoms with Crippen LogP contribution in [-0.2, 0) is 9.59 Å². The number of carbonyl (C=O) groups excluding carboxylic acids is 2. The molecule has 1 aliphatic carbocycles. The maximum absolute atomic E-state index is 12.5. The molecule has 7 heteroatoms. The first kappa shape index (κ1) is 15.3. The molecule has 0 aromatic heterocycles. The SMILES string of the molecule is O=C1COc2cc(C(=O)NC3(C(=O)O)CCCCC3)ccc2N1. The van der Waals surface area contributed by atoms with Gasteiger partial charge in [-0.2, -0.15) is 0 Å². The van der Waals surface area contributed by atoms with E-state index < -0.39 is 17.4 Å². The molecule has 0 unspecified atom stereocenters. The second kappa shape index (κ2) is 5.91. The molecule has 1 fully saturated rings. The van der Waals surface area contributed by atoms with Gasteiger partial charge in [0.05, 0.1) is 5.69 Å². The molecule has 2 aliphatic rings. The number of hydrogen-bond donors (Lipinski definition) is 3. The molecule has 1 heterocycles. The third kappa shape index (κ3) is 2.99. The van der Waals surface area contributed by atoms with Crippen LogP contribution in [0.2, 0.25) is 0 Å². The summed E-state index contributed by atoms with van der Waals surface area (Å²) in [5.74, 6) is -1.28. The molecular formula is C16H18N2O5. The van der Waals surface area contributed by atoms with Crippen molar-refractivity contribution in [3.05, 3.63) is 23.8 Å². The van der Waals surface area contributed by atoms with Crippen molar-refractivity contribution in [1.29, 1.82) is 0 Å². The molecule has 0 spiro atoms. The highest BCUT2D eigenvalue weighted by molar-refractivity contribution is 6.00. The van der Waals surface area contributed by atoms with Crippen LogP contribution in [0.15, 0.2) is 18.2 Å². The molecule has 0 bridgehead atoms. The van der Waals surface area contributed by atoms with Gasteiger partial charge in [-0.3, -0.25) is 9.59 Å². The monoisotopic (exact) mass is 318 g/mol. The number of benzene rings is 1. The van der Waals surface area contributed by atoms with Crippen molar-refractivity contribution in [2.24, 2.45) is 0 Å². The second-order valence-corrected chi connectivity index (χ2v) is 5.95. The lowest BCUT2D eigenvalue weighted by Crippen LogP contribution is -2.55. The van der Waals surface area contributed by atoms with Crippen molar-refractivity contribution in [2.75, 3.05) is 11.9 Å². The van der Waals surface area contributed by atoms with Gasteiger partial charge in [0.2, 0.25) is 0 Å². The van der Waals surface area contributed by atoms with Gasteiger partial charge in [0.1, 0.15) is 11.3 Å². The number of anilines is 1. The zero-order valence-corrected chi connectivity index (χ0v) is 12.6. The van der Waals surface area contributed by atoms with Crippen molar-refractivity contribution in [3.63, 3.8) is 0 Å². The van der Waals surface area contributed by atoms with E-state index in [-0.39, 0.29) is 12.5 Å². The minimum atomic E-state index is -1.19. The summed E-state index contributed by atoms with van der Waals surface area (Å²) in [4.78, 5) is 35.3. The van der Waals surface area contributed by atoms with Gasteiger partial charge in [-0.1, -0.05) is 19.3 Å². The van der Waals surface area contributed by atoms with E-state index in [1.165, 1.54) is 6.07 Å². The second-order valence-electron chi connectivity index (χ2n) is 5.95. The first-order valence-corrected chi connectivity index (χ1v) is 7.63. The fourth-order valence-corrected chi connectivity index (χ4v) is 3.05. The summed E-state index contributed by atoms with van der Waals surface area (Å²) < 4.78 is 5.28. The van der Waals surface area contributed by atoms with Crippen LogP contribution in [0.25, 0.3) is 0 Å². The van der Waals surface area contributed by atoms with Crippen molar-refractivity contribution < 1.29 is 24.2 Å². The van der Waals surface area contributed by atoms with Crippen LogP contribution in [-0.4, -0.2) is 35.0 Å². The first-order valence-electron chi connectivity index (χ1n) is 7.63. The molecule has 3 rings (SSSR count). The summed E-state index contributed by atoms with van der Waals surface area (Å²) in [6.07, 6.45) is 3.42. The van der Waals surface area contributed by atoms with E-state index in [2.05, 4.69) is 10.6 Å². The Morgan fingerprint density at radius 3 is 2.65 bits per heavy atom. The average Bonchev–Trinajstić information content (AvgIpc) is 2.55. The van der Waals surface area contributed by atoms with E-state index in [1.807, 2.05) is 0 Å². The van der Waals surface area contributed by atoms with Gasteiger partial charge >= 0.3 is 5.97 Å². The minimum absolute atomic E-state index is 0.100. The topological polar surface area (TPSA) is 105 Å². The van der Waals surface area contributed by atoms with Gasteiger partial charge in [0, 0.05) is 5.56 Å². The molecule has 3 N–H and O–H groups in total. The van der Waals surface area contributed by atoms with Crippen LogP contribution in [0, 0.1) is 0 Å². The number of fused-ring (bicyclic) bond motifs is 1. The molecule has 0 radical (unpaired) electrons. The van der Waals surface area contributed by atoms with E-state index in [0.29, 0.717) is 29.8 Å². The summed E-state index contributed by atoms with van der Waals surface area (Å²) in [5, 5.41) is 14.8. The highest BCUT2D eigenvalue weighted by atomic mass is 16.5. The molecule has 2 amide bonds. The third-order valence-electron chi connectivity index (χ3n) is 4.35. The van der Waals surface area contributed by atoms with Gasteiger partial charge in [0.15, 0.2) is 6.61 Å². The zero-order chi connectivity index (χ0) is 16.4. The number of nitrogens with one attached hydrogen (secondary N) is 2. The summed E-state index contributed by atoms with van der Waals surface area (Å²) in [6.45, 7) is -0.100. The molecule has 1 aromatic rings. The van der Waals surface area contributed by atoms with Crippen LogP contribution in [0.1, 0.15) is 42.5 Å². The Labute approximate surface area is 133 Å². The Morgan fingerprint density at radius 2 is 1.96 bits per heavy atom. The number of ether oxygens (including phenoxy) is 1. The van der Waals surface area contributed by atoms with E-state index in [0.717, 1.165) is 19.3 Å². The van der Waals surface area contributed by atoms with Crippen LogP contribution >= 0.6 is 0 Å². The Hall–Kier alpha value is -2.57. The maximum Gasteiger partial charge on any atom is 0.329 e. The van der Waals surface area contributed by atoms with Crippen LogP contribution < -0.4 is 15.4 Å². The lowest BCUT2D eigenvalue weighted by Gasteiger charge is -2.34. The van der Waals surface area contributed by atoms with E-state index in [9.17, 15) is 19.5 Å². The van der Waals surface area contributed by atoms with Crippen LogP contribution in [0.4, 0.5) is 5.69 Å². The molecule has 0 atom stereocenters. The van der Waals surface area contributed by atoms with Crippen molar-refractivity contribution in [2.45, 2.75) is 37.6 Å². The molecular weight excluding hydrogens is 300 g/mol. The van der Waals surface area contributed by atoms with Crippen molar-refractivity contribution >= 4 is 23.5 Å². The predicted molar refractivity (Wildman–Crippen MR) is 81.5 cm³/mol. The van der Waals surface area contributed by atoms with E-state index in [4.69, 9.17) is 4.74 Å². The Bertz CT molecular complexity index is 664. The fourth-order valence-electron chi connectivity index (χ4n) is 3.05. The Morgan fingerprint density at radius 1 is 1.22 bits per heavy atom. The quantitative estimate of drug-likeness (QED) is 0.784. The largest absolute Gasteiger partial charge is 0.482 e. The maximum atomic E-state index is 12.5. The Balaban J connectivity index is 1.80. The average molecular weight is 318 g/mol. The Kier molecular flexibility index (Phi) is 3.94. The zero-order valence-electron chi connectivity index (χ0n) is 12.6. The lowest BCUT2D eigenvalue weighted by molar-refractivity contribution is -0.146. The van der Waals surface area contributed by atoms with Gasteiger partial charge in [-0.15, -0.1) is 0 Å². The summed E-state index contributed by atoms with van der Waals surface area (Å²) in [6, 6.07) is 4.64. The van der Waals surface area contributed by atoms with Gasteiger partial charge in [0.25, 0.3) is 11.8 Å².